The van der Waals surface area contributed by atoms with E-state index in [1.54, 1.807) is 0 Å². The quantitative estimate of drug-likeness (QED) is 0.754. The molecule has 0 aromatic carbocycles. The molecule has 1 fully saturated rings. The largest absolute Gasteiger partial charge is 0.301 e. The fourth-order valence-electron chi connectivity index (χ4n) is 2.64. The summed E-state index contributed by atoms with van der Waals surface area (Å²) in [5.41, 5.74) is 0.435. The molecule has 0 N–H and O–H groups in total. The van der Waals surface area contributed by atoms with Gasteiger partial charge in [0.15, 0.2) is 0 Å². The van der Waals surface area contributed by atoms with Crippen LogP contribution in [-0.2, 0) is 0 Å². The van der Waals surface area contributed by atoms with E-state index in [0.29, 0.717) is 5.41 Å². The van der Waals surface area contributed by atoms with Gasteiger partial charge in [-0.25, -0.2) is 0 Å². The Morgan fingerprint density at radius 3 is 2.06 bits per heavy atom. The smallest absolute Gasteiger partial charge is 0.0149 e. The Bertz CT molecular complexity index is 186. The van der Waals surface area contributed by atoms with Crippen molar-refractivity contribution in [2.24, 2.45) is 5.41 Å². The van der Waals surface area contributed by atoms with E-state index in [0.717, 1.165) is 16.3 Å². The van der Waals surface area contributed by atoms with Crippen molar-refractivity contribution in [2.75, 3.05) is 25.4 Å². The van der Waals surface area contributed by atoms with Gasteiger partial charge in [-0.1, -0.05) is 27.7 Å². The van der Waals surface area contributed by atoms with Crippen LogP contribution in [0.4, 0.5) is 0 Å². The number of rotatable bonds is 5. The second-order valence-electron chi connectivity index (χ2n) is 5.32. The van der Waals surface area contributed by atoms with Gasteiger partial charge in [0.1, 0.15) is 0 Å². The van der Waals surface area contributed by atoms with Gasteiger partial charge < -0.3 is 4.90 Å². The SMILES string of the molecule is CCC(CC)(CS)CN1CC(C)SC(C)C1. The lowest BCUT2D eigenvalue weighted by atomic mass is 9.83. The molecule has 1 rings (SSSR count). The summed E-state index contributed by atoms with van der Waals surface area (Å²) in [5, 5.41) is 1.57. The van der Waals surface area contributed by atoms with Gasteiger partial charge in [0, 0.05) is 30.1 Å². The Hall–Kier alpha value is 0.660. The fourth-order valence-corrected chi connectivity index (χ4v) is 4.57. The molecule has 0 aromatic rings. The molecule has 0 bridgehead atoms. The van der Waals surface area contributed by atoms with E-state index >= 15 is 0 Å². The molecule has 1 nitrogen and oxygen atoms in total. The molecule has 0 aromatic heterocycles. The van der Waals surface area contributed by atoms with Crippen LogP contribution in [0.25, 0.3) is 0 Å². The van der Waals surface area contributed by atoms with E-state index in [4.69, 9.17) is 0 Å². The van der Waals surface area contributed by atoms with Crippen molar-refractivity contribution in [2.45, 2.75) is 51.0 Å². The molecule has 1 heterocycles. The molecule has 2 atom stereocenters. The van der Waals surface area contributed by atoms with Crippen molar-refractivity contribution in [1.82, 2.24) is 4.90 Å². The van der Waals surface area contributed by atoms with Gasteiger partial charge >= 0.3 is 0 Å². The minimum Gasteiger partial charge on any atom is -0.301 e. The van der Waals surface area contributed by atoms with Gasteiger partial charge in [-0.3, -0.25) is 0 Å². The van der Waals surface area contributed by atoms with Crippen molar-refractivity contribution < 1.29 is 0 Å². The van der Waals surface area contributed by atoms with Crippen molar-refractivity contribution in [1.29, 1.82) is 0 Å². The Labute approximate surface area is 111 Å². The average molecular weight is 262 g/mol. The minimum atomic E-state index is 0.435. The predicted octanol–water partition coefficient (Wildman–Crippen LogP) is 3.55. The van der Waals surface area contributed by atoms with Gasteiger partial charge in [0.25, 0.3) is 0 Å². The van der Waals surface area contributed by atoms with E-state index < -0.39 is 0 Å². The third-order valence-electron chi connectivity index (χ3n) is 3.89. The van der Waals surface area contributed by atoms with Crippen molar-refractivity contribution in [3.8, 4) is 0 Å². The molecule has 2 unspecified atom stereocenters. The van der Waals surface area contributed by atoms with Crippen LogP contribution in [0.2, 0.25) is 0 Å². The second kappa shape index (κ2) is 6.55. The van der Waals surface area contributed by atoms with Crippen LogP contribution in [0, 0.1) is 5.41 Å². The Morgan fingerprint density at radius 2 is 1.69 bits per heavy atom. The maximum absolute atomic E-state index is 4.57. The zero-order chi connectivity index (χ0) is 12.2. The van der Waals surface area contributed by atoms with Gasteiger partial charge in [-0.2, -0.15) is 24.4 Å². The molecule has 3 heteroatoms. The number of hydrogen-bond acceptors (Lipinski definition) is 3. The monoisotopic (exact) mass is 261 g/mol. The molecule has 0 saturated carbocycles. The summed E-state index contributed by atoms with van der Waals surface area (Å²) in [4.78, 5) is 2.66. The number of thioether (sulfide) groups is 1. The number of hydrogen-bond donors (Lipinski definition) is 1. The van der Waals surface area contributed by atoms with Gasteiger partial charge in [-0.15, -0.1) is 0 Å². The number of nitrogens with zero attached hydrogens (tertiary/aromatic N) is 1. The number of thiol groups is 1. The third-order valence-corrected chi connectivity index (χ3v) is 5.79. The van der Waals surface area contributed by atoms with Crippen LogP contribution in [-0.4, -0.2) is 40.8 Å². The van der Waals surface area contributed by atoms with Crippen LogP contribution < -0.4 is 0 Å². The second-order valence-corrected chi connectivity index (χ2v) is 7.51. The molecule has 1 aliphatic rings. The molecule has 16 heavy (non-hydrogen) atoms. The molecule has 0 radical (unpaired) electrons. The van der Waals surface area contributed by atoms with Crippen LogP contribution in [0.1, 0.15) is 40.5 Å². The average Bonchev–Trinajstić information content (AvgIpc) is 2.25. The molecule has 0 amide bonds. The Kier molecular flexibility index (Phi) is 6.03. The van der Waals surface area contributed by atoms with Gasteiger partial charge in [0.05, 0.1) is 0 Å². The summed E-state index contributed by atoms with van der Waals surface area (Å²) >= 11 is 6.71. The lowest BCUT2D eigenvalue weighted by Crippen LogP contribution is -2.46. The van der Waals surface area contributed by atoms with Crippen molar-refractivity contribution in [3.63, 3.8) is 0 Å². The predicted molar refractivity (Wildman–Crippen MR) is 79.8 cm³/mol. The van der Waals surface area contributed by atoms with Crippen molar-refractivity contribution >= 4 is 24.4 Å². The highest BCUT2D eigenvalue weighted by Crippen LogP contribution is 2.32. The van der Waals surface area contributed by atoms with E-state index in [1.807, 2.05) is 0 Å². The molecule has 0 aliphatic carbocycles. The zero-order valence-corrected chi connectivity index (χ0v) is 12.9. The minimum absolute atomic E-state index is 0.435. The van der Waals surface area contributed by atoms with E-state index in [2.05, 4.69) is 57.0 Å². The van der Waals surface area contributed by atoms with Crippen LogP contribution in [0.15, 0.2) is 0 Å². The Morgan fingerprint density at radius 1 is 1.19 bits per heavy atom. The summed E-state index contributed by atoms with van der Waals surface area (Å²) in [5.74, 6) is 1.02. The maximum Gasteiger partial charge on any atom is 0.0149 e. The highest BCUT2D eigenvalue weighted by molar-refractivity contribution is 8.00. The van der Waals surface area contributed by atoms with Crippen molar-refractivity contribution in [3.05, 3.63) is 0 Å². The summed E-state index contributed by atoms with van der Waals surface area (Å²) in [6.45, 7) is 13.1. The maximum atomic E-state index is 4.57. The summed E-state index contributed by atoms with van der Waals surface area (Å²) in [6, 6.07) is 0. The Balaban J connectivity index is 2.57. The fraction of sp³-hybridized carbons (Fsp3) is 1.00. The van der Waals surface area contributed by atoms with Gasteiger partial charge in [-0.05, 0) is 24.0 Å². The first-order valence-corrected chi connectivity index (χ1v) is 8.11. The lowest BCUT2D eigenvalue weighted by molar-refractivity contribution is 0.156. The molecular weight excluding hydrogens is 234 g/mol. The topological polar surface area (TPSA) is 3.24 Å². The zero-order valence-electron chi connectivity index (χ0n) is 11.2. The first-order chi connectivity index (χ1) is 7.55. The summed E-state index contributed by atoms with van der Waals surface area (Å²) in [6.07, 6.45) is 2.50. The normalized spacial score (nSPS) is 28.3. The van der Waals surface area contributed by atoms with Crippen LogP contribution in [0.3, 0.4) is 0 Å². The summed E-state index contributed by atoms with van der Waals surface area (Å²) in [7, 11) is 0. The lowest BCUT2D eigenvalue weighted by Gasteiger charge is -2.41. The first kappa shape index (κ1) is 14.7. The van der Waals surface area contributed by atoms with E-state index in [-0.39, 0.29) is 0 Å². The van der Waals surface area contributed by atoms with E-state index in [1.165, 1.54) is 32.5 Å². The van der Waals surface area contributed by atoms with Gasteiger partial charge in [0.2, 0.25) is 0 Å². The summed E-state index contributed by atoms with van der Waals surface area (Å²) < 4.78 is 0. The third kappa shape index (κ3) is 3.85. The highest BCUT2D eigenvalue weighted by Gasteiger charge is 2.30. The van der Waals surface area contributed by atoms with Crippen LogP contribution >= 0.6 is 24.4 Å². The standard InChI is InChI=1S/C13H27NS2/c1-5-13(6-2,10-15)9-14-7-11(3)16-12(4)8-14/h11-12,15H,5-10H2,1-4H3. The molecule has 1 aliphatic heterocycles. The van der Waals surface area contributed by atoms with Crippen LogP contribution in [0.5, 0.6) is 0 Å². The molecule has 96 valence electrons. The molecular formula is C13H27NS2. The first-order valence-electron chi connectivity index (χ1n) is 6.54. The molecule has 0 spiro atoms. The highest BCUT2D eigenvalue weighted by atomic mass is 32.2. The van der Waals surface area contributed by atoms with E-state index in [9.17, 15) is 0 Å². The molecule has 1 saturated heterocycles.